The molecule has 4 nitrogen and oxygen atoms in total. The van der Waals surface area contributed by atoms with E-state index >= 15 is 0 Å². The lowest BCUT2D eigenvalue weighted by Gasteiger charge is -2.15. The zero-order valence-electron chi connectivity index (χ0n) is 11.9. The maximum atomic E-state index is 12.2. The summed E-state index contributed by atoms with van der Waals surface area (Å²) >= 11 is 0. The average Bonchev–Trinajstić information content (AvgIpc) is 2.46. The molecule has 0 saturated carbocycles. The van der Waals surface area contributed by atoms with Crippen LogP contribution in [0.1, 0.15) is 50.7 Å². The van der Waals surface area contributed by atoms with Crippen LogP contribution in [0.25, 0.3) is 0 Å². The topological polar surface area (TPSA) is 76.7 Å². The summed E-state index contributed by atoms with van der Waals surface area (Å²) in [7, 11) is 0. The lowest BCUT2D eigenvalue weighted by atomic mass is 9.97. The molecule has 0 unspecified atom stereocenters. The fraction of sp³-hybridized carbons (Fsp3) is 0.438. The van der Waals surface area contributed by atoms with Gasteiger partial charge in [-0.05, 0) is 31.0 Å². The Kier molecular flexibility index (Phi) is 6.26. The fourth-order valence-electron chi connectivity index (χ4n) is 2.16. The van der Waals surface area contributed by atoms with Crippen LogP contribution < -0.4 is 5.32 Å². The summed E-state index contributed by atoms with van der Waals surface area (Å²) in [6, 6.07) is 8.69. The van der Waals surface area contributed by atoms with Crippen molar-refractivity contribution in [1.29, 1.82) is 10.5 Å². The highest BCUT2D eigenvalue weighted by Crippen LogP contribution is 2.19. The van der Waals surface area contributed by atoms with Gasteiger partial charge in [0, 0.05) is 11.6 Å². The molecule has 1 amide bonds. The Morgan fingerprint density at radius 2 is 1.75 bits per heavy atom. The van der Waals surface area contributed by atoms with Gasteiger partial charge in [0.25, 0.3) is 0 Å². The van der Waals surface area contributed by atoms with Crippen molar-refractivity contribution in [3.05, 3.63) is 29.3 Å². The van der Waals surface area contributed by atoms with Gasteiger partial charge in [-0.15, -0.1) is 0 Å². The Hall–Kier alpha value is -2.33. The van der Waals surface area contributed by atoms with Gasteiger partial charge in [0.1, 0.15) is 12.1 Å². The molecule has 0 aromatic heterocycles. The SMILES string of the molecule is CCCC(CCC)C(=O)Nc1ccc(C#N)c(C#N)c1. The third-order valence-electron chi connectivity index (χ3n) is 3.17. The number of carbonyl (C=O) groups is 1. The van der Waals surface area contributed by atoms with E-state index in [9.17, 15) is 4.79 Å². The Labute approximate surface area is 120 Å². The van der Waals surface area contributed by atoms with Gasteiger partial charge in [-0.3, -0.25) is 4.79 Å². The lowest BCUT2D eigenvalue weighted by Crippen LogP contribution is -2.22. The van der Waals surface area contributed by atoms with Crippen LogP contribution in [0.2, 0.25) is 0 Å². The molecule has 1 aromatic rings. The van der Waals surface area contributed by atoms with Crippen molar-refractivity contribution >= 4 is 11.6 Å². The van der Waals surface area contributed by atoms with E-state index in [0.29, 0.717) is 11.3 Å². The van der Waals surface area contributed by atoms with Crippen LogP contribution in [0.3, 0.4) is 0 Å². The minimum atomic E-state index is -0.0118. The standard InChI is InChI=1S/C16H19N3O/c1-3-5-12(6-4-2)16(20)19-15-8-7-13(10-17)14(9-15)11-18/h7-9,12H,3-6H2,1-2H3,(H,19,20). The third-order valence-corrected chi connectivity index (χ3v) is 3.17. The van der Waals surface area contributed by atoms with Crippen LogP contribution in [0.5, 0.6) is 0 Å². The molecule has 0 radical (unpaired) electrons. The first-order chi connectivity index (χ1) is 9.65. The van der Waals surface area contributed by atoms with Gasteiger partial charge in [-0.2, -0.15) is 10.5 Å². The van der Waals surface area contributed by atoms with E-state index < -0.39 is 0 Å². The second-order valence-electron chi connectivity index (χ2n) is 4.75. The summed E-state index contributed by atoms with van der Waals surface area (Å²) in [6.07, 6.45) is 3.66. The molecular formula is C16H19N3O. The van der Waals surface area contributed by atoms with Crippen LogP contribution in [-0.4, -0.2) is 5.91 Å². The van der Waals surface area contributed by atoms with E-state index in [1.165, 1.54) is 0 Å². The number of nitrogens with one attached hydrogen (secondary N) is 1. The molecule has 0 fully saturated rings. The van der Waals surface area contributed by atoms with Crippen LogP contribution in [0.15, 0.2) is 18.2 Å². The number of nitrogens with zero attached hydrogens (tertiary/aromatic N) is 2. The van der Waals surface area contributed by atoms with Crippen LogP contribution >= 0.6 is 0 Å². The maximum absolute atomic E-state index is 12.2. The van der Waals surface area contributed by atoms with Crippen molar-refractivity contribution in [1.82, 2.24) is 0 Å². The lowest BCUT2D eigenvalue weighted by molar-refractivity contribution is -0.120. The molecule has 0 saturated heterocycles. The van der Waals surface area contributed by atoms with Gasteiger partial charge in [0.05, 0.1) is 11.1 Å². The molecule has 104 valence electrons. The molecule has 0 heterocycles. The van der Waals surface area contributed by atoms with Gasteiger partial charge < -0.3 is 5.32 Å². The smallest absolute Gasteiger partial charge is 0.227 e. The zero-order valence-corrected chi connectivity index (χ0v) is 11.9. The summed E-state index contributed by atoms with van der Waals surface area (Å²) in [5.41, 5.74) is 1.18. The first-order valence-electron chi connectivity index (χ1n) is 6.91. The maximum Gasteiger partial charge on any atom is 0.227 e. The first kappa shape index (κ1) is 15.7. The number of hydrogen-bond acceptors (Lipinski definition) is 3. The van der Waals surface area contributed by atoms with Gasteiger partial charge in [0.15, 0.2) is 0 Å². The fourth-order valence-corrected chi connectivity index (χ4v) is 2.16. The molecule has 0 aliphatic rings. The number of benzene rings is 1. The summed E-state index contributed by atoms with van der Waals surface area (Å²) in [6.45, 7) is 4.12. The Morgan fingerprint density at radius 3 is 2.25 bits per heavy atom. The second-order valence-corrected chi connectivity index (χ2v) is 4.75. The quantitative estimate of drug-likeness (QED) is 0.857. The van der Waals surface area contributed by atoms with Gasteiger partial charge >= 0.3 is 0 Å². The molecule has 1 aromatic carbocycles. The van der Waals surface area contributed by atoms with Gasteiger partial charge in [-0.1, -0.05) is 26.7 Å². The van der Waals surface area contributed by atoms with Crippen molar-refractivity contribution in [3.8, 4) is 12.1 Å². The van der Waals surface area contributed by atoms with Crippen LogP contribution in [0.4, 0.5) is 5.69 Å². The van der Waals surface area contributed by atoms with E-state index in [1.807, 2.05) is 12.1 Å². The highest BCUT2D eigenvalue weighted by atomic mass is 16.1. The third kappa shape index (κ3) is 4.10. The van der Waals surface area contributed by atoms with E-state index in [1.54, 1.807) is 18.2 Å². The number of rotatable bonds is 6. The predicted molar refractivity (Wildman–Crippen MR) is 77.8 cm³/mol. The van der Waals surface area contributed by atoms with Crippen molar-refractivity contribution in [2.75, 3.05) is 5.32 Å². The summed E-state index contributed by atoms with van der Waals surface area (Å²) in [4.78, 5) is 12.2. The Morgan fingerprint density at radius 1 is 1.15 bits per heavy atom. The normalized spacial score (nSPS) is 9.85. The minimum Gasteiger partial charge on any atom is -0.326 e. The van der Waals surface area contributed by atoms with E-state index in [0.717, 1.165) is 25.7 Å². The van der Waals surface area contributed by atoms with Crippen molar-refractivity contribution < 1.29 is 4.79 Å². The largest absolute Gasteiger partial charge is 0.326 e. The number of amides is 1. The number of carbonyl (C=O) groups excluding carboxylic acids is 1. The van der Waals surface area contributed by atoms with Crippen LogP contribution in [0, 0.1) is 28.6 Å². The second kappa shape index (κ2) is 7.96. The molecular weight excluding hydrogens is 250 g/mol. The monoisotopic (exact) mass is 269 g/mol. The van der Waals surface area contributed by atoms with E-state index in [2.05, 4.69) is 19.2 Å². The molecule has 20 heavy (non-hydrogen) atoms. The predicted octanol–water partition coefficient (Wildman–Crippen LogP) is 3.58. The van der Waals surface area contributed by atoms with Crippen LogP contribution in [-0.2, 0) is 4.79 Å². The highest BCUT2D eigenvalue weighted by Gasteiger charge is 2.17. The molecule has 4 heteroatoms. The summed E-state index contributed by atoms with van der Waals surface area (Å²) < 4.78 is 0. The molecule has 0 aliphatic heterocycles. The van der Waals surface area contributed by atoms with E-state index in [-0.39, 0.29) is 17.4 Å². The molecule has 0 atom stereocenters. The number of hydrogen-bond donors (Lipinski definition) is 1. The number of anilines is 1. The van der Waals surface area contributed by atoms with Crippen molar-refractivity contribution in [3.63, 3.8) is 0 Å². The summed E-state index contributed by atoms with van der Waals surface area (Å²) in [5, 5.41) is 20.7. The van der Waals surface area contributed by atoms with Gasteiger partial charge in [-0.25, -0.2) is 0 Å². The zero-order chi connectivity index (χ0) is 15.0. The average molecular weight is 269 g/mol. The van der Waals surface area contributed by atoms with Gasteiger partial charge in [0.2, 0.25) is 5.91 Å². The Balaban J connectivity index is 2.85. The Bertz CT molecular complexity index is 546. The van der Waals surface area contributed by atoms with Crippen molar-refractivity contribution in [2.24, 2.45) is 5.92 Å². The molecule has 0 aliphatic carbocycles. The van der Waals surface area contributed by atoms with E-state index in [4.69, 9.17) is 10.5 Å². The van der Waals surface area contributed by atoms with Crippen molar-refractivity contribution in [2.45, 2.75) is 39.5 Å². The molecule has 0 bridgehead atoms. The number of nitriles is 2. The molecule has 1 N–H and O–H groups in total. The highest BCUT2D eigenvalue weighted by molar-refractivity contribution is 5.92. The molecule has 1 rings (SSSR count). The molecule has 0 spiro atoms. The summed E-state index contributed by atoms with van der Waals surface area (Å²) in [5.74, 6) is -0.00604. The first-order valence-corrected chi connectivity index (χ1v) is 6.91. The minimum absolute atomic E-state index is 0.00572.